The van der Waals surface area contributed by atoms with Crippen LogP contribution in [0.1, 0.15) is 6.42 Å². The van der Waals surface area contributed by atoms with Crippen LogP contribution in [-0.2, 0) is 14.8 Å². The number of fused-ring (bicyclic) bond motifs is 1. The van der Waals surface area contributed by atoms with E-state index < -0.39 is 32.2 Å². The average Bonchev–Trinajstić information content (AvgIpc) is 2.80. The number of hydrogen-bond donors (Lipinski definition) is 4. The van der Waals surface area contributed by atoms with Gasteiger partial charge in [-0.1, -0.05) is 0 Å². The van der Waals surface area contributed by atoms with E-state index in [-0.39, 0.29) is 18.1 Å². The third-order valence-electron chi connectivity index (χ3n) is 3.81. The Hall–Kier alpha value is -1.49. The zero-order valence-corrected chi connectivity index (χ0v) is 11.1. The number of hydrogen-bond acceptors (Lipinski definition) is 6. The fourth-order valence-corrected chi connectivity index (χ4v) is 4.02. The Labute approximate surface area is 113 Å². The van der Waals surface area contributed by atoms with Gasteiger partial charge in [0.1, 0.15) is 0 Å². The third kappa shape index (κ3) is 2.00. The van der Waals surface area contributed by atoms with E-state index >= 15 is 0 Å². The van der Waals surface area contributed by atoms with E-state index in [1.165, 1.54) is 0 Å². The molecule has 4 atom stereocenters. The van der Waals surface area contributed by atoms with Crippen molar-refractivity contribution in [2.75, 3.05) is 6.61 Å². The largest absolute Gasteiger partial charge is 0.376 e. The maximum Gasteiger partial charge on any atom is 0.325 e. The molecule has 3 rings (SSSR count). The minimum atomic E-state index is -4.06. The molecule has 9 nitrogen and oxygen atoms in total. The number of ether oxygens (including phenoxy) is 1. The molecule has 4 unspecified atom stereocenters. The first-order valence-corrected chi connectivity index (χ1v) is 7.60. The topological polar surface area (TPSA) is 147 Å². The van der Waals surface area contributed by atoms with Crippen molar-refractivity contribution in [3.05, 3.63) is 27.0 Å². The normalized spacial score (nSPS) is 32.6. The number of nitrogens with one attached hydrogen (secondary N) is 3. The van der Waals surface area contributed by atoms with E-state index in [0.29, 0.717) is 6.61 Å². The summed E-state index contributed by atoms with van der Waals surface area (Å²) < 4.78 is 32.1. The molecule has 2 heterocycles. The highest BCUT2D eigenvalue weighted by atomic mass is 32.2. The van der Waals surface area contributed by atoms with Crippen LogP contribution in [0.15, 0.2) is 20.7 Å². The molecule has 2 aliphatic rings. The minimum Gasteiger partial charge on any atom is -0.376 e. The predicted molar refractivity (Wildman–Crippen MR) is 67.6 cm³/mol. The van der Waals surface area contributed by atoms with Crippen LogP contribution in [0.3, 0.4) is 0 Å². The highest BCUT2D eigenvalue weighted by Gasteiger charge is 2.53. The van der Waals surface area contributed by atoms with Gasteiger partial charge < -0.3 is 15.5 Å². The Morgan fingerprint density at radius 3 is 2.85 bits per heavy atom. The van der Waals surface area contributed by atoms with Crippen LogP contribution in [-0.4, -0.2) is 43.2 Å². The molecular weight excluding hydrogens is 288 g/mol. The maximum atomic E-state index is 12.1. The van der Waals surface area contributed by atoms with Gasteiger partial charge in [0.15, 0.2) is 4.90 Å². The molecule has 20 heavy (non-hydrogen) atoms. The molecule has 0 spiro atoms. The lowest BCUT2D eigenvalue weighted by Gasteiger charge is -2.45. The molecule has 10 heteroatoms. The molecule has 0 aromatic carbocycles. The van der Waals surface area contributed by atoms with E-state index in [4.69, 9.17) is 10.5 Å². The van der Waals surface area contributed by atoms with Crippen LogP contribution in [0.2, 0.25) is 0 Å². The van der Waals surface area contributed by atoms with Crippen molar-refractivity contribution in [3.8, 4) is 0 Å². The van der Waals surface area contributed by atoms with Gasteiger partial charge >= 0.3 is 5.69 Å². The lowest BCUT2D eigenvalue weighted by Crippen LogP contribution is -2.69. The summed E-state index contributed by atoms with van der Waals surface area (Å²) in [4.78, 5) is 25.9. The molecule has 0 bridgehead atoms. The van der Waals surface area contributed by atoms with Crippen molar-refractivity contribution in [1.82, 2.24) is 14.7 Å². The van der Waals surface area contributed by atoms with Crippen LogP contribution >= 0.6 is 0 Å². The Morgan fingerprint density at radius 2 is 2.15 bits per heavy atom. The highest BCUT2D eigenvalue weighted by Crippen LogP contribution is 2.38. The van der Waals surface area contributed by atoms with Gasteiger partial charge in [-0.15, -0.1) is 0 Å². The monoisotopic (exact) mass is 302 g/mol. The van der Waals surface area contributed by atoms with Crippen molar-refractivity contribution in [2.45, 2.75) is 29.5 Å². The predicted octanol–water partition coefficient (Wildman–Crippen LogP) is -2.54. The first-order valence-electron chi connectivity index (χ1n) is 6.12. The second-order valence-corrected chi connectivity index (χ2v) is 6.63. The van der Waals surface area contributed by atoms with Gasteiger partial charge in [-0.25, -0.2) is 17.9 Å². The van der Waals surface area contributed by atoms with Crippen LogP contribution in [0.25, 0.3) is 0 Å². The average molecular weight is 302 g/mol. The van der Waals surface area contributed by atoms with Crippen LogP contribution in [0.5, 0.6) is 0 Å². The van der Waals surface area contributed by atoms with Crippen LogP contribution < -0.4 is 21.7 Å². The van der Waals surface area contributed by atoms with E-state index in [1.807, 2.05) is 4.98 Å². The lowest BCUT2D eigenvalue weighted by molar-refractivity contribution is -0.00925. The molecule has 5 N–H and O–H groups in total. The first-order chi connectivity index (χ1) is 9.40. The van der Waals surface area contributed by atoms with E-state index in [2.05, 4.69) is 9.71 Å². The van der Waals surface area contributed by atoms with Crippen molar-refractivity contribution in [3.63, 3.8) is 0 Å². The van der Waals surface area contributed by atoms with Crippen molar-refractivity contribution >= 4 is 10.0 Å². The molecule has 0 amide bonds. The third-order valence-corrected chi connectivity index (χ3v) is 5.28. The first kappa shape index (κ1) is 13.5. The van der Waals surface area contributed by atoms with Gasteiger partial charge in [-0.05, 0) is 6.42 Å². The Balaban J connectivity index is 1.86. The molecule has 1 saturated heterocycles. The number of H-pyrrole nitrogens is 2. The Kier molecular flexibility index (Phi) is 3.05. The smallest absolute Gasteiger partial charge is 0.325 e. The van der Waals surface area contributed by atoms with Crippen LogP contribution in [0, 0.1) is 5.92 Å². The van der Waals surface area contributed by atoms with Gasteiger partial charge in [0.2, 0.25) is 10.0 Å². The molecule has 1 aromatic heterocycles. The summed E-state index contributed by atoms with van der Waals surface area (Å²) in [7, 11) is -4.06. The molecule has 2 fully saturated rings. The lowest BCUT2D eigenvalue weighted by atomic mass is 9.73. The zero-order chi connectivity index (χ0) is 14.5. The summed E-state index contributed by atoms with van der Waals surface area (Å²) in [5, 5.41) is 0. The fourth-order valence-electron chi connectivity index (χ4n) is 2.73. The molecule has 1 saturated carbocycles. The summed E-state index contributed by atoms with van der Waals surface area (Å²) in [5.74, 6) is 0.150. The summed E-state index contributed by atoms with van der Waals surface area (Å²) in [6, 6.07) is -0.891. The zero-order valence-electron chi connectivity index (χ0n) is 10.3. The summed E-state index contributed by atoms with van der Waals surface area (Å²) in [5.41, 5.74) is 4.16. The molecular formula is C10H14N4O5S. The summed E-state index contributed by atoms with van der Waals surface area (Å²) in [6.45, 7) is 0.556. The summed E-state index contributed by atoms with van der Waals surface area (Å²) >= 11 is 0. The summed E-state index contributed by atoms with van der Waals surface area (Å²) in [6.07, 6.45) is 1.42. The number of aromatic nitrogens is 2. The van der Waals surface area contributed by atoms with Gasteiger partial charge in [0.25, 0.3) is 5.56 Å². The van der Waals surface area contributed by atoms with Crippen molar-refractivity contribution in [1.29, 1.82) is 0 Å². The van der Waals surface area contributed by atoms with Gasteiger partial charge in [-0.3, -0.25) is 9.78 Å². The Bertz CT molecular complexity index is 739. The second-order valence-electron chi connectivity index (χ2n) is 4.95. The molecule has 1 aliphatic heterocycles. The SMILES string of the molecule is NC1C2CCOC2C1NS(=O)(=O)c1c[nH]c(=O)[nH]c1=O. The van der Waals surface area contributed by atoms with Crippen molar-refractivity contribution < 1.29 is 13.2 Å². The van der Waals surface area contributed by atoms with Crippen molar-refractivity contribution in [2.24, 2.45) is 11.7 Å². The quantitative estimate of drug-likeness (QED) is 0.483. The number of sulfonamides is 1. The second kappa shape index (κ2) is 4.52. The van der Waals surface area contributed by atoms with E-state index in [9.17, 15) is 18.0 Å². The van der Waals surface area contributed by atoms with E-state index in [1.54, 1.807) is 0 Å². The highest BCUT2D eigenvalue weighted by molar-refractivity contribution is 7.89. The molecule has 1 aliphatic carbocycles. The molecule has 1 aromatic rings. The Morgan fingerprint density at radius 1 is 1.40 bits per heavy atom. The van der Waals surface area contributed by atoms with E-state index in [0.717, 1.165) is 12.6 Å². The number of aromatic amines is 2. The van der Waals surface area contributed by atoms with Gasteiger partial charge in [0, 0.05) is 24.8 Å². The fraction of sp³-hybridized carbons (Fsp3) is 0.600. The maximum absolute atomic E-state index is 12.1. The number of rotatable bonds is 3. The molecule has 0 radical (unpaired) electrons. The standard InChI is InChI=1S/C10H14N4O5S/c11-6-4-1-2-19-8(4)7(6)14-20(17,18)5-3-12-10(16)13-9(5)15/h3-4,6-8,14H,1-2,11H2,(H2,12,13,15,16). The number of nitrogens with two attached hydrogens (primary N) is 1. The minimum absolute atomic E-state index is 0.150. The molecule has 110 valence electrons. The van der Waals surface area contributed by atoms with Crippen LogP contribution in [0.4, 0.5) is 0 Å². The van der Waals surface area contributed by atoms with Gasteiger partial charge in [0.05, 0.1) is 12.1 Å². The van der Waals surface area contributed by atoms with Gasteiger partial charge in [-0.2, -0.15) is 0 Å².